The number of aryl methyl sites for hydroxylation is 1. The second-order valence-corrected chi connectivity index (χ2v) is 6.47. The van der Waals surface area contributed by atoms with Crippen molar-refractivity contribution in [3.05, 3.63) is 29.8 Å². The Morgan fingerprint density at radius 1 is 1.23 bits per heavy atom. The summed E-state index contributed by atoms with van der Waals surface area (Å²) in [7, 11) is 1.74. The lowest BCUT2D eigenvalue weighted by Gasteiger charge is -2.24. The molecule has 6 nitrogen and oxygen atoms in total. The van der Waals surface area contributed by atoms with Gasteiger partial charge in [0, 0.05) is 51.4 Å². The highest BCUT2D eigenvalue weighted by molar-refractivity contribution is 5.81. The number of nitrogens with one attached hydrogen (secondary N) is 3. The van der Waals surface area contributed by atoms with Gasteiger partial charge in [-0.25, -0.2) is 0 Å². The fourth-order valence-electron chi connectivity index (χ4n) is 2.57. The molecule has 1 aromatic rings. The number of anilines is 1. The van der Waals surface area contributed by atoms with Crippen LogP contribution in [0.25, 0.3) is 0 Å². The molecule has 1 rings (SSSR count). The highest BCUT2D eigenvalue weighted by atomic mass is 16.1. The van der Waals surface area contributed by atoms with Crippen LogP contribution >= 0.6 is 0 Å². The van der Waals surface area contributed by atoms with E-state index in [4.69, 9.17) is 0 Å². The molecule has 0 aliphatic rings. The first-order valence-corrected chi connectivity index (χ1v) is 9.55. The largest absolute Gasteiger partial charge is 0.370 e. The maximum atomic E-state index is 11.8. The number of aliphatic imine (C=N–C) groups is 1. The van der Waals surface area contributed by atoms with Gasteiger partial charge in [-0.05, 0) is 44.9 Å². The van der Waals surface area contributed by atoms with Crippen LogP contribution in [0.5, 0.6) is 0 Å². The van der Waals surface area contributed by atoms with Crippen molar-refractivity contribution in [2.75, 3.05) is 38.1 Å². The first kappa shape index (κ1) is 21.8. The van der Waals surface area contributed by atoms with E-state index < -0.39 is 0 Å². The minimum absolute atomic E-state index is 0.0684. The number of hydrogen-bond acceptors (Lipinski definition) is 3. The molecule has 1 aromatic carbocycles. The number of nitrogens with zero attached hydrogens (tertiary/aromatic N) is 2. The molecule has 3 N–H and O–H groups in total. The lowest BCUT2D eigenvalue weighted by atomic mass is 10.2. The Hall–Kier alpha value is -2.24. The van der Waals surface area contributed by atoms with Crippen molar-refractivity contribution >= 4 is 17.6 Å². The fourth-order valence-corrected chi connectivity index (χ4v) is 2.57. The number of guanidine groups is 1. The molecule has 1 unspecified atom stereocenters. The van der Waals surface area contributed by atoms with Gasteiger partial charge in [-0.1, -0.05) is 19.1 Å². The summed E-state index contributed by atoms with van der Waals surface area (Å²) in [5.41, 5.74) is 2.50. The predicted octanol–water partition coefficient (Wildman–Crippen LogP) is 2.29. The average Bonchev–Trinajstić information content (AvgIpc) is 2.63. The van der Waals surface area contributed by atoms with Gasteiger partial charge in [-0.3, -0.25) is 9.79 Å². The molecule has 1 atom stereocenters. The standard InChI is InChI=1S/C20H35N5O/c1-6-17(4)24-19(26)11-12-22-20(21-5)23-13-14-25(7-2)18-10-8-9-16(3)15-18/h8-10,15,17H,6-7,11-14H2,1-5H3,(H,24,26)(H2,21,22,23). The quantitative estimate of drug-likeness (QED) is 0.442. The van der Waals surface area contributed by atoms with Gasteiger partial charge < -0.3 is 20.9 Å². The zero-order valence-electron chi connectivity index (χ0n) is 16.9. The zero-order chi connectivity index (χ0) is 19.4. The van der Waals surface area contributed by atoms with Crippen molar-refractivity contribution in [3.8, 4) is 0 Å². The van der Waals surface area contributed by atoms with Gasteiger partial charge in [0.05, 0.1) is 0 Å². The Morgan fingerprint density at radius 3 is 2.58 bits per heavy atom. The minimum atomic E-state index is 0.0684. The van der Waals surface area contributed by atoms with Gasteiger partial charge in [0.15, 0.2) is 5.96 Å². The van der Waals surface area contributed by atoms with Crippen LogP contribution in [0.1, 0.15) is 39.2 Å². The van der Waals surface area contributed by atoms with Crippen molar-refractivity contribution in [1.29, 1.82) is 0 Å². The average molecular weight is 362 g/mol. The number of rotatable bonds is 10. The van der Waals surface area contributed by atoms with Crippen molar-refractivity contribution in [2.24, 2.45) is 4.99 Å². The molecule has 0 aromatic heterocycles. The summed E-state index contributed by atoms with van der Waals surface area (Å²) in [5.74, 6) is 0.792. The number of carbonyl (C=O) groups is 1. The SMILES string of the molecule is CCC(C)NC(=O)CCNC(=NC)NCCN(CC)c1cccc(C)c1. The van der Waals surface area contributed by atoms with Crippen LogP contribution in [0, 0.1) is 6.92 Å². The highest BCUT2D eigenvalue weighted by Crippen LogP contribution is 2.14. The molecule has 6 heteroatoms. The Bertz CT molecular complexity index is 573. The van der Waals surface area contributed by atoms with Crippen LogP contribution in [0.4, 0.5) is 5.69 Å². The molecule has 0 aliphatic carbocycles. The Morgan fingerprint density at radius 2 is 1.96 bits per heavy atom. The third kappa shape index (κ3) is 8.23. The molecule has 0 saturated heterocycles. The second-order valence-electron chi connectivity index (χ2n) is 6.47. The number of amides is 1. The summed E-state index contributed by atoms with van der Waals surface area (Å²) < 4.78 is 0. The molecule has 0 spiro atoms. The van der Waals surface area contributed by atoms with Crippen LogP contribution in [0.3, 0.4) is 0 Å². The number of hydrogen-bond donors (Lipinski definition) is 3. The van der Waals surface area contributed by atoms with Crippen molar-refractivity contribution in [3.63, 3.8) is 0 Å². The van der Waals surface area contributed by atoms with Crippen LogP contribution in [-0.4, -0.2) is 51.1 Å². The van der Waals surface area contributed by atoms with Crippen molar-refractivity contribution in [2.45, 2.75) is 46.6 Å². The van der Waals surface area contributed by atoms with E-state index in [-0.39, 0.29) is 11.9 Å². The van der Waals surface area contributed by atoms with Crippen LogP contribution in [-0.2, 0) is 4.79 Å². The first-order valence-electron chi connectivity index (χ1n) is 9.55. The molecular formula is C20H35N5O. The summed E-state index contributed by atoms with van der Waals surface area (Å²) in [6, 6.07) is 8.76. The maximum absolute atomic E-state index is 11.8. The molecule has 0 heterocycles. The molecule has 0 aliphatic heterocycles. The highest BCUT2D eigenvalue weighted by Gasteiger charge is 2.07. The second kappa shape index (κ2) is 12.2. The number of carbonyl (C=O) groups excluding carboxylic acids is 1. The fraction of sp³-hybridized carbons (Fsp3) is 0.600. The van der Waals surface area contributed by atoms with Crippen LogP contribution in [0.2, 0.25) is 0 Å². The zero-order valence-corrected chi connectivity index (χ0v) is 16.9. The maximum Gasteiger partial charge on any atom is 0.221 e. The number of benzene rings is 1. The van der Waals surface area contributed by atoms with Crippen LogP contribution < -0.4 is 20.9 Å². The molecule has 0 fully saturated rings. The van der Waals surface area contributed by atoms with Gasteiger partial charge >= 0.3 is 0 Å². The molecule has 0 radical (unpaired) electrons. The van der Waals surface area contributed by atoms with E-state index in [0.29, 0.717) is 13.0 Å². The Balaban J connectivity index is 2.34. The number of likely N-dealkylation sites (N-methyl/N-ethyl adjacent to an activating group) is 1. The molecule has 0 bridgehead atoms. The molecular weight excluding hydrogens is 326 g/mol. The van der Waals surface area contributed by atoms with Gasteiger partial charge in [0.2, 0.25) is 5.91 Å². The van der Waals surface area contributed by atoms with Crippen molar-refractivity contribution in [1.82, 2.24) is 16.0 Å². The summed E-state index contributed by atoms with van der Waals surface area (Å²) in [6.45, 7) is 11.5. The monoisotopic (exact) mass is 361 g/mol. The molecule has 1 amide bonds. The lowest BCUT2D eigenvalue weighted by Crippen LogP contribution is -2.43. The normalized spacial score (nSPS) is 12.4. The Labute approximate surface area is 158 Å². The van der Waals surface area contributed by atoms with E-state index in [1.165, 1.54) is 11.3 Å². The topological polar surface area (TPSA) is 68.8 Å². The van der Waals surface area contributed by atoms with Gasteiger partial charge in [-0.2, -0.15) is 0 Å². The molecule has 146 valence electrons. The third-order valence-electron chi connectivity index (χ3n) is 4.31. The van der Waals surface area contributed by atoms with Gasteiger partial charge in [-0.15, -0.1) is 0 Å². The Kier molecular flexibility index (Phi) is 10.2. The van der Waals surface area contributed by atoms with E-state index in [1.54, 1.807) is 7.05 Å². The first-order chi connectivity index (χ1) is 12.5. The van der Waals surface area contributed by atoms with E-state index in [0.717, 1.165) is 32.0 Å². The summed E-state index contributed by atoms with van der Waals surface area (Å²) >= 11 is 0. The summed E-state index contributed by atoms with van der Waals surface area (Å²) in [4.78, 5) is 18.3. The lowest BCUT2D eigenvalue weighted by molar-refractivity contribution is -0.121. The minimum Gasteiger partial charge on any atom is -0.370 e. The van der Waals surface area contributed by atoms with E-state index in [2.05, 4.69) is 70.9 Å². The van der Waals surface area contributed by atoms with E-state index in [9.17, 15) is 4.79 Å². The third-order valence-corrected chi connectivity index (χ3v) is 4.31. The summed E-state index contributed by atoms with van der Waals surface area (Å²) in [6.07, 6.45) is 1.38. The van der Waals surface area contributed by atoms with E-state index >= 15 is 0 Å². The van der Waals surface area contributed by atoms with E-state index in [1.807, 2.05) is 6.92 Å². The van der Waals surface area contributed by atoms with Gasteiger partial charge in [0.1, 0.15) is 0 Å². The van der Waals surface area contributed by atoms with Crippen molar-refractivity contribution < 1.29 is 4.79 Å². The smallest absolute Gasteiger partial charge is 0.221 e. The van der Waals surface area contributed by atoms with Crippen LogP contribution in [0.15, 0.2) is 29.3 Å². The predicted molar refractivity (Wildman–Crippen MR) is 111 cm³/mol. The summed E-state index contributed by atoms with van der Waals surface area (Å²) in [5, 5.41) is 9.47. The molecule has 26 heavy (non-hydrogen) atoms. The van der Waals surface area contributed by atoms with Gasteiger partial charge in [0.25, 0.3) is 0 Å². The molecule has 0 saturated carbocycles.